The highest BCUT2D eigenvalue weighted by Crippen LogP contribution is 2.61. The van der Waals surface area contributed by atoms with Crippen LogP contribution in [0.25, 0.3) is 10.8 Å². The van der Waals surface area contributed by atoms with Gasteiger partial charge in [0.05, 0.1) is 12.5 Å². The second-order valence-corrected chi connectivity index (χ2v) is 9.57. The third-order valence-electron chi connectivity index (χ3n) is 8.57. The molecule has 1 aliphatic carbocycles. The van der Waals surface area contributed by atoms with Crippen molar-refractivity contribution in [3.8, 4) is 5.88 Å². The minimum Gasteiger partial charge on any atom is -0.468 e. The maximum absolute atomic E-state index is 6.53. The van der Waals surface area contributed by atoms with Gasteiger partial charge in [0.1, 0.15) is 18.6 Å². The number of pyridine rings is 1. The second kappa shape index (κ2) is 6.30. The molecule has 148 valence electrons. The summed E-state index contributed by atoms with van der Waals surface area (Å²) in [7, 11) is 0. The molecule has 0 radical (unpaired) electrons. The average Bonchev–Trinajstić information content (AvgIpc) is 3.32. The lowest BCUT2D eigenvalue weighted by Gasteiger charge is -2.43. The van der Waals surface area contributed by atoms with E-state index in [-0.39, 0.29) is 6.10 Å². The lowest BCUT2D eigenvalue weighted by Crippen LogP contribution is -2.57. The Morgan fingerprint density at radius 2 is 1.86 bits per heavy atom. The zero-order chi connectivity index (χ0) is 19.5. The monoisotopic (exact) mass is 385 g/mol. The van der Waals surface area contributed by atoms with E-state index in [1.54, 1.807) is 0 Å². The summed E-state index contributed by atoms with van der Waals surface area (Å²) in [6.07, 6.45) is 6.14. The topological polar surface area (TPSA) is 22.1 Å². The van der Waals surface area contributed by atoms with Crippen molar-refractivity contribution in [2.45, 2.75) is 44.4 Å². The van der Waals surface area contributed by atoms with Crippen molar-refractivity contribution < 1.29 is 9.22 Å². The Balaban J connectivity index is 1.39. The van der Waals surface area contributed by atoms with Crippen molar-refractivity contribution in [1.82, 2.24) is 4.98 Å². The van der Waals surface area contributed by atoms with Crippen LogP contribution in [-0.2, 0) is 6.54 Å². The van der Waals surface area contributed by atoms with Gasteiger partial charge in [-0.2, -0.15) is 0 Å². The molecule has 1 aromatic heterocycles. The first-order chi connectivity index (χ1) is 14.2. The summed E-state index contributed by atoms with van der Waals surface area (Å²) in [5.41, 5.74) is 1.82. The molecule has 0 amide bonds. The first kappa shape index (κ1) is 17.5. The maximum Gasteiger partial charge on any atom is 0.213 e. The van der Waals surface area contributed by atoms with Crippen LogP contribution in [0.4, 0.5) is 0 Å². The van der Waals surface area contributed by atoms with Crippen LogP contribution in [0.1, 0.15) is 31.7 Å². The zero-order valence-corrected chi connectivity index (χ0v) is 17.1. The van der Waals surface area contributed by atoms with E-state index in [0.29, 0.717) is 11.5 Å². The highest BCUT2D eigenvalue weighted by atomic mass is 16.5. The van der Waals surface area contributed by atoms with Gasteiger partial charge >= 0.3 is 0 Å². The van der Waals surface area contributed by atoms with Crippen molar-refractivity contribution in [1.29, 1.82) is 0 Å². The summed E-state index contributed by atoms with van der Waals surface area (Å²) >= 11 is 0. The molecule has 0 bridgehead atoms. The van der Waals surface area contributed by atoms with Crippen molar-refractivity contribution in [2.24, 2.45) is 11.8 Å². The van der Waals surface area contributed by atoms with Gasteiger partial charge in [-0.05, 0) is 36.6 Å². The van der Waals surface area contributed by atoms with E-state index in [1.807, 2.05) is 24.4 Å². The Kier molecular flexibility index (Phi) is 3.80. The normalized spacial score (nSPS) is 35.1. The number of hydrogen-bond acceptors (Lipinski definition) is 2. The Morgan fingerprint density at radius 3 is 2.76 bits per heavy atom. The molecule has 6 rings (SSSR count). The van der Waals surface area contributed by atoms with Crippen molar-refractivity contribution in [2.75, 3.05) is 13.1 Å². The fourth-order valence-corrected chi connectivity index (χ4v) is 7.17. The minimum atomic E-state index is 0.273. The van der Waals surface area contributed by atoms with E-state index in [9.17, 15) is 0 Å². The molecule has 3 aromatic rings. The molecule has 3 fully saturated rings. The summed E-state index contributed by atoms with van der Waals surface area (Å²) in [5.74, 6) is 2.25. The van der Waals surface area contributed by atoms with Crippen LogP contribution in [0, 0.1) is 11.8 Å². The number of aromatic nitrogens is 1. The Hall–Kier alpha value is -2.39. The average molecular weight is 386 g/mol. The van der Waals surface area contributed by atoms with Gasteiger partial charge in [-0.25, -0.2) is 4.98 Å². The molecular weight excluding hydrogens is 356 g/mol. The van der Waals surface area contributed by atoms with Crippen LogP contribution in [0.2, 0.25) is 0 Å². The van der Waals surface area contributed by atoms with Gasteiger partial charge < -0.3 is 9.22 Å². The number of ether oxygens (including phenoxy) is 1. The van der Waals surface area contributed by atoms with Gasteiger partial charge in [0, 0.05) is 30.2 Å². The Labute approximate surface area is 172 Å². The Morgan fingerprint density at radius 1 is 1.00 bits per heavy atom. The predicted octanol–water partition coefficient (Wildman–Crippen LogP) is 5.20. The van der Waals surface area contributed by atoms with E-state index in [1.165, 1.54) is 46.6 Å². The molecule has 29 heavy (non-hydrogen) atoms. The van der Waals surface area contributed by atoms with Crippen LogP contribution >= 0.6 is 0 Å². The van der Waals surface area contributed by atoms with Crippen molar-refractivity contribution in [3.05, 3.63) is 72.4 Å². The lowest BCUT2D eigenvalue weighted by molar-refractivity contribution is -0.965. The second-order valence-electron chi connectivity index (χ2n) is 9.57. The summed E-state index contributed by atoms with van der Waals surface area (Å²) in [5, 5.41) is 2.77. The van der Waals surface area contributed by atoms with E-state index in [0.717, 1.165) is 24.9 Å². The van der Waals surface area contributed by atoms with E-state index in [4.69, 9.17) is 4.74 Å². The summed E-state index contributed by atoms with van der Waals surface area (Å²) in [6, 6.07) is 21.7. The first-order valence-corrected chi connectivity index (χ1v) is 11.1. The largest absolute Gasteiger partial charge is 0.468 e. The molecule has 5 atom stereocenters. The molecule has 0 unspecified atom stereocenters. The molecule has 3 heteroatoms. The van der Waals surface area contributed by atoms with Gasteiger partial charge in [-0.15, -0.1) is 0 Å². The number of benzene rings is 2. The molecule has 0 spiro atoms. The zero-order valence-electron chi connectivity index (χ0n) is 17.1. The third kappa shape index (κ3) is 2.43. The molecular formula is C26H29N2O+. The van der Waals surface area contributed by atoms with Gasteiger partial charge in [0.25, 0.3) is 0 Å². The smallest absolute Gasteiger partial charge is 0.213 e. The summed E-state index contributed by atoms with van der Waals surface area (Å²) in [4.78, 5) is 4.46. The first-order valence-electron chi connectivity index (χ1n) is 11.1. The summed E-state index contributed by atoms with van der Waals surface area (Å²) < 4.78 is 7.72. The lowest BCUT2D eigenvalue weighted by atomic mass is 9.83. The maximum atomic E-state index is 6.53. The van der Waals surface area contributed by atoms with E-state index >= 15 is 0 Å². The summed E-state index contributed by atoms with van der Waals surface area (Å²) in [6.45, 7) is 6.09. The third-order valence-corrected chi connectivity index (χ3v) is 8.57. The van der Waals surface area contributed by atoms with Crippen LogP contribution in [-0.4, -0.2) is 34.2 Å². The molecule has 3 heterocycles. The van der Waals surface area contributed by atoms with Gasteiger partial charge in [0.15, 0.2) is 6.10 Å². The number of nitrogens with zero attached hydrogens (tertiary/aromatic N) is 2. The van der Waals surface area contributed by atoms with Crippen LogP contribution in [0.3, 0.4) is 0 Å². The number of hydrogen-bond donors (Lipinski definition) is 0. The molecule has 2 saturated heterocycles. The highest BCUT2D eigenvalue weighted by Gasteiger charge is 2.71. The minimum absolute atomic E-state index is 0.273. The molecule has 3 aliphatic rings. The predicted molar refractivity (Wildman–Crippen MR) is 116 cm³/mol. The number of quaternary nitrogens is 1. The molecule has 3 nitrogen and oxygen atoms in total. The molecule has 2 aliphatic heterocycles. The fourth-order valence-electron chi connectivity index (χ4n) is 7.17. The number of rotatable bonds is 4. The molecule has 1 saturated carbocycles. The molecule has 0 N–H and O–H groups in total. The van der Waals surface area contributed by atoms with Crippen molar-refractivity contribution in [3.63, 3.8) is 0 Å². The van der Waals surface area contributed by atoms with Gasteiger partial charge in [0.2, 0.25) is 5.88 Å². The van der Waals surface area contributed by atoms with E-state index < -0.39 is 0 Å². The number of fused-ring (bicyclic) bond motifs is 1. The molecule has 2 aromatic carbocycles. The Bertz CT molecular complexity index is 1050. The highest BCUT2D eigenvalue weighted by molar-refractivity contribution is 5.85. The SMILES string of the molecule is C[C@@]12[C@H]3CC[C@@H]1[C@H](Oc1ccccn1)C[N@+]2(Cc1cccc2ccccc12)CC3. The standard InChI is InChI=1S/C26H29N2O/c1-26-21-12-13-23(26)24(29-25-11-4-5-15-27-25)18-28(26,16-14-21)17-20-9-6-8-19-7-2-3-10-22(19)20/h2-11,15,21,23-24H,12-14,16-18H2,1H3/q+1/t21-,23+,24+,26+,28+/m0/s1. The quantitative estimate of drug-likeness (QED) is 0.576. The van der Waals surface area contributed by atoms with E-state index in [2.05, 4.69) is 54.4 Å². The van der Waals surface area contributed by atoms with Crippen LogP contribution in [0.5, 0.6) is 5.88 Å². The van der Waals surface area contributed by atoms with Gasteiger partial charge in [-0.1, -0.05) is 48.5 Å². The van der Waals surface area contributed by atoms with Gasteiger partial charge in [-0.3, -0.25) is 0 Å². The van der Waals surface area contributed by atoms with Crippen LogP contribution in [0.15, 0.2) is 66.9 Å². The van der Waals surface area contributed by atoms with Crippen molar-refractivity contribution >= 4 is 10.8 Å². The van der Waals surface area contributed by atoms with Crippen LogP contribution < -0.4 is 4.74 Å². The fraction of sp³-hybridized carbons (Fsp3) is 0.423.